The van der Waals surface area contributed by atoms with Crippen LogP contribution in [0.2, 0.25) is 10.0 Å². The average molecular weight is 317 g/mol. The van der Waals surface area contributed by atoms with E-state index in [1.807, 2.05) is 0 Å². The number of hydrogen-bond donors (Lipinski definition) is 0. The fourth-order valence-electron chi connectivity index (χ4n) is 1.29. The molecule has 0 radical (unpaired) electrons. The molecule has 0 amide bonds. The Kier molecular flexibility index (Phi) is 6.71. The molecule has 0 heterocycles. The quantitative estimate of drug-likeness (QED) is 0.440. The van der Waals surface area contributed by atoms with Gasteiger partial charge in [-0.2, -0.15) is 0 Å². The molecule has 1 rings (SSSR count). The van der Waals surface area contributed by atoms with Crippen LogP contribution in [0, 0.1) is 0 Å². The molecule has 0 aliphatic rings. The highest BCUT2D eigenvalue weighted by molar-refractivity contribution is 6.42. The SMILES string of the molecule is C=CCOC(C)C(=O)OCC(=O)c1ccc(Cl)c(Cl)c1. The van der Waals surface area contributed by atoms with E-state index in [1.54, 1.807) is 0 Å². The van der Waals surface area contributed by atoms with Crippen LogP contribution in [0.15, 0.2) is 30.9 Å². The van der Waals surface area contributed by atoms with Gasteiger partial charge >= 0.3 is 5.97 Å². The molecule has 0 saturated heterocycles. The van der Waals surface area contributed by atoms with Crippen LogP contribution in [0.25, 0.3) is 0 Å². The zero-order valence-corrected chi connectivity index (χ0v) is 12.4. The summed E-state index contributed by atoms with van der Waals surface area (Å²) in [6, 6.07) is 4.45. The van der Waals surface area contributed by atoms with Crippen molar-refractivity contribution in [2.24, 2.45) is 0 Å². The molecule has 0 bridgehead atoms. The monoisotopic (exact) mass is 316 g/mol. The van der Waals surface area contributed by atoms with Crippen molar-refractivity contribution in [3.63, 3.8) is 0 Å². The van der Waals surface area contributed by atoms with Gasteiger partial charge in [-0.15, -0.1) is 6.58 Å². The Morgan fingerprint density at radius 1 is 1.35 bits per heavy atom. The standard InChI is InChI=1S/C14H14Cl2O4/c1-3-6-19-9(2)14(18)20-8-13(17)10-4-5-11(15)12(16)7-10/h3-5,7,9H,1,6,8H2,2H3. The van der Waals surface area contributed by atoms with E-state index >= 15 is 0 Å². The molecule has 0 aliphatic carbocycles. The Hall–Kier alpha value is -1.36. The molecule has 1 unspecified atom stereocenters. The summed E-state index contributed by atoms with van der Waals surface area (Å²) in [6.45, 7) is 4.86. The van der Waals surface area contributed by atoms with Gasteiger partial charge in [0.05, 0.1) is 16.7 Å². The Labute approximate surface area is 127 Å². The Morgan fingerprint density at radius 3 is 2.65 bits per heavy atom. The van der Waals surface area contributed by atoms with Gasteiger partial charge in [0.2, 0.25) is 0 Å². The lowest BCUT2D eigenvalue weighted by atomic mass is 10.1. The molecule has 1 aromatic rings. The van der Waals surface area contributed by atoms with E-state index in [0.29, 0.717) is 10.6 Å². The maximum atomic E-state index is 11.8. The van der Waals surface area contributed by atoms with Gasteiger partial charge in [-0.3, -0.25) is 4.79 Å². The van der Waals surface area contributed by atoms with Gasteiger partial charge < -0.3 is 9.47 Å². The normalized spacial score (nSPS) is 11.8. The summed E-state index contributed by atoms with van der Waals surface area (Å²) in [5, 5.41) is 0.623. The van der Waals surface area contributed by atoms with Crippen molar-refractivity contribution < 1.29 is 19.1 Å². The molecular weight excluding hydrogens is 303 g/mol. The minimum absolute atomic E-state index is 0.233. The number of rotatable bonds is 7. The van der Waals surface area contributed by atoms with E-state index < -0.39 is 12.1 Å². The van der Waals surface area contributed by atoms with Crippen LogP contribution in [0.5, 0.6) is 0 Å². The molecule has 6 heteroatoms. The molecule has 1 atom stereocenters. The molecule has 0 aromatic heterocycles. The van der Waals surface area contributed by atoms with Gasteiger partial charge in [-0.05, 0) is 25.1 Å². The molecule has 4 nitrogen and oxygen atoms in total. The number of Topliss-reactive ketones (excluding diaryl/α,β-unsaturated/α-hetero) is 1. The Morgan fingerprint density at radius 2 is 2.05 bits per heavy atom. The first-order valence-corrected chi connectivity index (χ1v) is 6.58. The van der Waals surface area contributed by atoms with E-state index in [0.717, 1.165) is 0 Å². The first-order chi connectivity index (χ1) is 9.45. The van der Waals surface area contributed by atoms with Crippen molar-refractivity contribution in [3.8, 4) is 0 Å². The van der Waals surface area contributed by atoms with Gasteiger partial charge in [-0.1, -0.05) is 29.3 Å². The predicted octanol–water partition coefficient (Wildman–Crippen LogP) is 3.31. The first kappa shape index (κ1) is 16.7. The number of carbonyl (C=O) groups excluding carboxylic acids is 2. The lowest BCUT2D eigenvalue weighted by molar-refractivity contribution is -0.154. The molecule has 1 aromatic carbocycles. The minimum atomic E-state index is -0.755. The van der Waals surface area contributed by atoms with E-state index in [9.17, 15) is 9.59 Å². The summed E-state index contributed by atoms with van der Waals surface area (Å²) in [6.07, 6.45) is 0.763. The fraction of sp³-hybridized carbons (Fsp3) is 0.286. The largest absolute Gasteiger partial charge is 0.455 e. The smallest absolute Gasteiger partial charge is 0.335 e. The fourth-order valence-corrected chi connectivity index (χ4v) is 1.59. The average Bonchev–Trinajstić information content (AvgIpc) is 2.44. The number of carbonyl (C=O) groups is 2. The topological polar surface area (TPSA) is 52.6 Å². The van der Waals surface area contributed by atoms with Gasteiger partial charge in [0.25, 0.3) is 0 Å². The van der Waals surface area contributed by atoms with Crippen LogP contribution in [-0.2, 0) is 14.3 Å². The highest BCUT2D eigenvalue weighted by Gasteiger charge is 2.17. The van der Waals surface area contributed by atoms with E-state index in [4.69, 9.17) is 32.7 Å². The van der Waals surface area contributed by atoms with Crippen molar-refractivity contribution in [1.29, 1.82) is 0 Å². The molecule has 20 heavy (non-hydrogen) atoms. The van der Waals surface area contributed by atoms with Crippen LogP contribution in [0.3, 0.4) is 0 Å². The second-order valence-corrected chi connectivity index (χ2v) is 4.74. The van der Waals surface area contributed by atoms with Gasteiger partial charge in [0.15, 0.2) is 18.5 Å². The third kappa shape index (κ3) is 4.96. The van der Waals surface area contributed by atoms with Crippen molar-refractivity contribution in [2.75, 3.05) is 13.2 Å². The summed E-state index contributed by atoms with van der Waals surface area (Å²) in [7, 11) is 0. The lowest BCUT2D eigenvalue weighted by Gasteiger charge is -2.11. The van der Waals surface area contributed by atoms with Gasteiger partial charge in [-0.25, -0.2) is 4.79 Å². The summed E-state index contributed by atoms with van der Waals surface area (Å²) in [5.41, 5.74) is 0.326. The predicted molar refractivity (Wildman–Crippen MR) is 77.4 cm³/mol. The number of halogens is 2. The van der Waals surface area contributed by atoms with E-state index in [-0.39, 0.29) is 24.0 Å². The van der Waals surface area contributed by atoms with Crippen molar-refractivity contribution in [3.05, 3.63) is 46.5 Å². The number of esters is 1. The zero-order valence-electron chi connectivity index (χ0n) is 10.9. The highest BCUT2D eigenvalue weighted by atomic mass is 35.5. The van der Waals surface area contributed by atoms with Crippen molar-refractivity contribution in [2.45, 2.75) is 13.0 Å². The van der Waals surface area contributed by atoms with Crippen LogP contribution in [0.4, 0.5) is 0 Å². The molecular formula is C14H14Cl2O4. The molecule has 0 N–H and O–H groups in total. The number of benzene rings is 1. The third-order valence-corrected chi connectivity index (χ3v) is 3.12. The molecule has 108 valence electrons. The summed E-state index contributed by atoms with van der Waals surface area (Å²) >= 11 is 11.6. The summed E-state index contributed by atoms with van der Waals surface area (Å²) < 4.78 is 9.95. The lowest BCUT2D eigenvalue weighted by Crippen LogP contribution is -2.25. The number of hydrogen-bond acceptors (Lipinski definition) is 4. The maximum Gasteiger partial charge on any atom is 0.335 e. The van der Waals surface area contributed by atoms with Crippen molar-refractivity contribution in [1.82, 2.24) is 0 Å². The second kappa shape index (κ2) is 8.04. The first-order valence-electron chi connectivity index (χ1n) is 5.83. The van der Waals surface area contributed by atoms with Crippen LogP contribution < -0.4 is 0 Å². The minimum Gasteiger partial charge on any atom is -0.455 e. The molecule has 0 aliphatic heterocycles. The van der Waals surface area contributed by atoms with Crippen LogP contribution in [-0.4, -0.2) is 31.1 Å². The molecule has 0 spiro atoms. The van der Waals surface area contributed by atoms with Crippen LogP contribution in [0.1, 0.15) is 17.3 Å². The van der Waals surface area contributed by atoms with Crippen LogP contribution >= 0.6 is 23.2 Å². The van der Waals surface area contributed by atoms with Gasteiger partial charge in [0, 0.05) is 5.56 Å². The van der Waals surface area contributed by atoms with Gasteiger partial charge in [0.1, 0.15) is 0 Å². The second-order valence-electron chi connectivity index (χ2n) is 3.92. The van der Waals surface area contributed by atoms with Crippen molar-refractivity contribution >= 4 is 35.0 Å². The van der Waals surface area contributed by atoms with E-state index in [2.05, 4.69) is 6.58 Å². The molecule has 0 fully saturated rings. The number of ether oxygens (including phenoxy) is 2. The highest BCUT2D eigenvalue weighted by Crippen LogP contribution is 2.22. The zero-order chi connectivity index (χ0) is 15.1. The third-order valence-electron chi connectivity index (χ3n) is 2.38. The summed E-state index contributed by atoms with van der Waals surface area (Å²) in [4.78, 5) is 23.3. The Balaban J connectivity index is 2.52. The number of ketones is 1. The molecule has 0 saturated carbocycles. The van der Waals surface area contributed by atoms with E-state index in [1.165, 1.54) is 31.2 Å². The Bertz CT molecular complexity index is 514. The summed E-state index contributed by atoms with van der Waals surface area (Å²) in [5.74, 6) is -0.979. The maximum absolute atomic E-state index is 11.8.